The van der Waals surface area contributed by atoms with E-state index in [1.807, 2.05) is 17.5 Å². The van der Waals surface area contributed by atoms with Crippen LogP contribution in [0.15, 0.2) is 53.9 Å². The van der Waals surface area contributed by atoms with E-state index in [1.54, 1.807) is 30.4 Å². The average Bonchev–Trinajstić information content (AvgIpc) is 3.03. The molecule has 0 amide bonds. The number of thiazole rings is 1. The monoisotopic (exact) mass is 323 g/mol. The molecule has 0 aliphatic rings. The van der Waals surface area contributed by atoms with Crippen LogP contribution in [0.2, 0.25) is 0 Å². The molecule has 0 spiro atoms. The molecule has 0 N–H and O–H groups in total. The van der Waals surface area contributed by atoms with Crippen LogP contribution in [-0.2, 0) is 6.61 Å². The number of ether oxygens (including phenoxy) is 1. The molecule has 3 nitrogen and oxygen atoms in total. The van der Waals surface area contributed by atoms with Crippen molar-refractivity contribution in [1.29, 1.82) is 0 Å². The van der Waals surface area contributed by atoms with Gasteiger partial charge in [0, 0.05) is 16.5 Å². The fourth-order valence-corrected chi connectivity index (χ4v) is 2.97. The second-order valence-electron chi connectivity index (χ2n) is 5.38. The summed E-state index contributed by atoms with van der Waals surface area (Å²) < 4.78 is 5.74. The Labute approximate surface area is 139 Å². The predicted molar refractivity (Wildman–Crippen MR) is 93.1 cm³/mol. The molecule has 0 unspecified atom stereocenters. The van der Waals surface area contributed by atoms with E-state index >= 15 is 0 Å². The molecule has 1 aromatic heterocycles. The highest BCUT2D eigenvalue weighted by atomic mass is 32.1. The van der Waals surface area contributed by atoms with Gasteiger partial charge in [0.15, 0.2) is 5.78 Å². The minimum absolute atomic E-state index is 0.0331. The Morgan fingerprint density at radius 1 is 1.17 bits per heavy atom. The van der Waals surface area contributed by atoms with Gasteiger partial charge in [-0.15, -0.1) is 11.3 Å². The Balaban J connectivity index is 1.69. The zero-order valence-corrected chi connectivity index (χ0v) is 13.9. The van der Waals surface area contributed by atoms with Crippen molar-refractivity contribution in [2.45, 2.75) is 20.5 Å². The van der Waals surface area contributed by atoms with Gasteiger partial charge >= 0.3 is 0 Å². The first-order valence-electron chi connectivity index (χ1n) is 7.37. The highest BCUT2D eigenvalue weighted by molar-refractivity contribution is 7.13. The lowest BCUT2D eigenvalue weighted by molar-refractivity contribution is 0.101. The second-order valence-corrected chi connectivity index (χ2v) is 6.24. The summed E-state index contributed by atoms with van der Waals surface area (Å²) in [6.07, 6.45) is 0. The Morgan fingerprint density at radius 3 is 2.70 bits per heavy atom. The van der Waals surface area contributed by atoms with E-state index in [4.69, 9.17) is 4.74 Å². The van der Waals surface area contributed by atoms with Crippen molar-refractivity contribution >= 4 is 17.1 Å². The fraction of sp³-hybridized carbons (Fsp3) is 0.158. The molecule has 0 saturated carbocycles. The van der Waals surface area contributed by atoms with Crippen LogP contribution in [0.4, 0.5) is 0 Å². The minimum Gasteiger partial charge on any atom is -0.487 e. The van der Waals surface area contributed by atoms with Crippen LogP contribution in [0.3, 0.4) is 0 Å². The van der Waals surface area contributed by atoms with E-state index < -0.39 is 0 Å². The molecule has 1 heterocycles. The highest BCUT2D eigenvalue weighted by Crippen LogP contribution is 2.24. The molecule has 0 saturated heterocycles. The SMILES string of the molecule is CC(=O)c1cccc(OCc2csc(-c3ccc(C)cc3)n2)c1. The van der Waals surface area contributed by atoms with Gasteiger partial charge in [-0.1, -0.05) is 42.0 Å². The molecule has 4 heteroatoms. The second kappa shape index (κ2) is 6.75. The van der Waals surface area contributed by atoms with E-state index in [0.717, 1.165) is 16.3 Å². The topological polar surface area (TPSA) is 39.2 Å². The summed E-state index contributed by atoms with van der Waals surface area (Å²) in [7, 11) is 0. The zero-order chi connectivity index (χ0) is 16.2. The summed E-state index contributed by atoms with van der Waals surface area (Å²) >= 11 is 1.61. The molecule has 0 aliphatic heterocycles. The van der Waals surface area contributed by atoms with Gasteiger partial charge in [-0.3, -0.25) is 4.79 Å². The number of aromatic nitrogens is 1. The molecular formula is C19H17NO2S. The third-order valence-electron chi connectivity index (χ3n) is 3.48. The van der Waals surface area contributed by atoms with Crippen LogP contribution in [0.5, 0.6) is 5.75 Å². The third kappa shape index (κ3) is 3.85. The Morgan fingerprint density at radius 2 is 1.96 bits per heavy atom. The van der Waals surface area contributed by atoms with Gasteiger partial charge in [0.1, 0.15) is 17.4 Å². The van der Waals surface area contributed by atoms with Crippen LogP contribution >= 0.6 is 11.3 Å². The van der Waals surface area contributed by atoms with Gasteiger partial charge in [-0.05, 0) is 26.0 Å². The number of hydrogen-bond donors (Lipinski definition) is 0. The summed E-state index contributed by atoms with van der Waals surface area (Å²) in [5, 5.41) is 2.99. The molecule has 0 radical (unpaired) electrons. The molecule has 3 rings (SSSR count). The zero-order valence-electron chi connectivity index (χ0n) is 13.1. The first kappa shape index (κ1) is 15.4. The number of rotatable bonds is 5. The fourth-order valence-electron chi connectivity index (χ4n) is 2.16. The van der Waals surface area contributed by atoms with Crippen LogP contribution in [0, 0.1) is 6.92 Å². The maximum atomic E-state index is 11.4. The minimum atomic E-state index is 0.0331. The quantitative estimate of drug-likeness (QED) is 0.627. The average molecular weight is 323 g/mol. The number of carbonyl (C=O) groups is 1. The van der Waals surface area contributed by atoms with Crippen molar-refractivity contribution in [2.75, 3.05) is 0 Å². The number of ketones is 1. The van der Waals surface area contributed by atoms with Crippen molar-refractivity contribution in [3.8, 4) is 16.3 Å². The standard InChI is InChI=1S/C19H17NO2S/c1-13-6-8-15(9-7-13)19-20-17(12-23-19)11-22-18-5-3-4-16(10-18)14(2)21/h3-10,12H,11H2,1-2H3. The predicted octanol–water partition coefficient (Wildman–Crippen LogP) is 4.90. The summed E-state index contributed by atoms with van der Waals surface area (Å²) in [5.41, 5.74) is 3.89. The number of carbonyl (C=O) groups excluding carboxylic acids is 1. The van der Waals surface area contributed by atoms with Gasteiger partial charge in [0.2, 0.25) is 0 Å². The molecule has 0 aliphatic carbocycles. The Bertz CT molecular complexity index is 821. The Hall–Kier alpha value is -2.46. The molecule has 0 bridgehead atoms. The van der Waals surface area contributed by atoms with Crippen molar-refractivity contribution in [3.63, 3.8) is 0 Å². The van der Waals surface area contributed by atoms with E-state index in [1.165, 1.54) is 5.56 Å². The number of aryl methyl sites for hydroxylation is 1. The largest absolute Gasteiger partial charge is 0.487 e. The van der Waals surface area contributed by atoms with Gasteiger partial charge in [0.25, 0.3) is 0 Å². The molecule has 116 valence electrons. The maximum absolute atomic E-state index is 11.4. The molecule has 0 atom stereocenters. The number of nitrogens with zero attached hydrogens (tertiary/aromatic N) is 1. The molecule has 0 fully saturated rings. The lowest BCUT2D eigenvalue weighted by atomic mass is 10.1. The van der Waals surface area contributed by atoms with Crippen LogP contribution < -0.4 is 4.74 Å². The van der Waals surface area contributed by atoms with Gasteiger partial charge in [-0.2, -0.15) is 0 Å². The smallest absolute Gasteiger partial charge is 0.159 e. The number of benzene rings is 2. The van der Waals surface area contributed by atoms with Crippen molar-refractivity contribution in [1.82, 2.24) is 4.98 Å². The summed E-state index contributed by atoms with van der Waals surface area (Å²) in [4.78, 5) is 16.0. The van der Waals surface area contributed by atoms with E-state index in [0.29, 0.717) is 17.9 Å². The van der Waals surface area contributed by atoms with Crippen molar-refractivity contribution in [2.24, 2.45) is 0 Å². The van der Waals surface area contributed by atoms with E-state index in [2.05, 4.69) is 36.2 Å². The highest BCUT2D eigenvalue weighted by Gasteiger charge is 2.06. The molecule has 23 heavy (non-hydrogen) atoms. The Kier molecular flexibility index (Phi) is 4.53. The summed E-state index contributed by atoms with van der Waals surface area (Å²) in [6, 6.07) is 15.5. The molecule has 2 aromatic carbocycles. The molecule has 3 aromatic rings. The van der Waals surface area contributed by atoms with Gasteiger partial charge < -0.3 is 4.74 Å². The lowest BCUT2D eigenvalue weighted by Gasteiger charge is -2.05. The number of Topliss-reactive ketones (excluding diaryl/α,β-unsaturated/α-hetero) is 1. The van der Waals surface area contributed by atoms with Crippen LogP contribution in [0.25, 0.3) is 10.6 Å². The first-order chi connectivity index (χ1) is 11.1. The summed E-state index contributed by atoms with van der Waals surface area (Å²) in [6.45, 7) is 4.01. The third-order valence-corrected chi connectivity index (χ3v) is 4.42. The van der Waals surface area contributed by atoms with Gasteiger partial charge in [0.05, 0.1) is 5.69 Å². The van der Waals surface area contributed by atoms with E-state index in [9.17, 15) is 4.79 Å². The van der Waals surface area contributed by atoms with Crippen LogP contribution in [-0.4, -0.2) is 10.8 Å². The van der Waals surface area contributed by atoms with E-state index in [-0.39, 0.29) is 5.78 Å². The maximum Gasteiger partial charge on any atom is 0.159 e. The molecular weight excluding hydrogens is 306 g/mol. The van der Waals surface area contributed by atoms with Crippen molar-refractivity contribution < 1.29 is 9.53 Å². The number of hydrogen-bond acceptors (Lipinski definition) is 4. The summed E-state index contributed by atoms with van der Waals surface area (Å²) in [5.74, 6) is 0.716. The normalized spacial score (nSPS) is 10.5. The first-order valence-corrected chi connectivity index (χ1v) is 8.25. The van der Waals surface area contributed by atoms with Gasteiger partial charge in [-0.25, -0.2) is 4.98 Å². The lowest BCUT2D eigenvalue weighted by Crippen LogP contribution is -1.98. The van der Waals surface area contributed by atoms with Crippen LogP contribution in [0.1, 0.15) is 28.5 Å². The van der Waals surface area contributed by atoms with Crippen molar-refractivity contribution in [3.05, 3.63) is 70.7 Å².